The molecule has 0 aliphatic heterocycles. The molecule has 4 nitrogen and oxygen atoms in total. The Bertz CT molecular complexity index is 690. The average molecular weight is 299 g/mol. The van der Waals surface area contributed by atoms with E-state index in [0.717, 1.165) is 0 Å². The van der Waals surface area contributed by atoms with E-state index >= 15 is 0 Å². The Kier molecular flexibility index (Phi) is 4.70. The molecule has 0 saturated heterocycles. The molecule has 2 rings (SSSR count). The van der Waals surface area contributed by atoms with E-state index in [4.69, 9.17) is 16.9 Å². The Morgan fingerprint density at radius 2 is 1.67 bits per heavy atom. The summed E-state index contributed by atoms with van der Waals surface area (Å²) >= 11 is 5.75. The van der Waals surface area contributed by atoms with E-state index in [9.17, 15) is 9.59 Å². The van der Waals surface area contributed by atoms with Crippen molar-refractivity contribution in [2.24, 2.45) is 5.92 Å². The van der Waals surface area contributed by atoms with Gasteiger partial charge < -0.3 is 5.32 Å². The second kappa shape index (κ2) is 6.69. The van der Waals surface area contributed by atoms with Gasteiger partial charge >= 0.3 is 0 Å². The van der Waals surface area contributed by atoms with Crippen LogP contribution in [0.15, 0.2) is 54.6 Å². The van der Waals surface area contributed by atoms with Crippen molar-refractivity contribution in [1.82, 2.24) is 0 Å². The fourth-order valence-corrected chi connectivity index (χ4v) is 1.88. The topological polar surface area (TPSA) is 70.0 Å². The lowest BCUT2D eigenvalue weighted by Gasteiger charge is -2.09. The fraction of sp³-hybridized carbons (Fsp3) is 0.0625. The minimum Gasteiger partial charge on any atom is -0.325 e. The number of anilines is 1. The van der Waals surface area contributed by atoms with Gasteiger partial charge in [0.2, 0.25) is 5.91 Å². The molecule has 1 unspecified atom stereocenters. The lowest BCUT2D eigenvalue weighted by atomic mass is 9.98. The standard InChI is InChI=1S/C16H11ClN2O2/c17-12-6-8-13(9-7-12)19-16(21)14(10-18)15(20)11-4-2-1-3-5-11/h1-9,14H,(H,19,21). The smallest absolute Gasteiger partial charge is 0.249 e. The highest BCUT2D eigenvalue weighted by atomic mass is 35.5. The molecule has 0 saturated carbocycles. The van der Waals surface area contributed by atoms with E-state index < -0.39 is 17.6 Å². The molecule has 104 valence electrons. The normalized spacial score (nSPS) is 11.2. The molecule has 1 N–H and O–H groups in total. The molecule has 0 radical (unpaired) electrons. The molecule has 2 aromatic carbocycles. The molecule has 1 amide bonds. The molecule has 0 aliphatic rings. The molecule has 0 fully saturated rings. The number of hydrogen-bond donors (Lipinski definition) is 1. The van der Waals surface area contributed by atoms with Crippen LogP contribution in [0.5, 0.6) is 0 Å². The first kappa shape index (κ1) is 14.8. The predicted molar refractivity (Wildman–Crippen MR) is 80.0 cm³/mol. The van der Waals surface area contributed by atoms with Crippen molar-refractivity contribution >= 4 is 29.0 Å². The van der Waals surface area contributed by atoms with E-state index in [-0.39, 0.29) is 0 Å². The second-order valence-corrected chi connectivity index (χ2v) is 4.72. The third-order valence-electron chi connectivity index (χ3n) is 2.82. The van der Waals surface area contributed by atoms with Crippen molar-refractivity contribution in [2.45, 2.75) is 0 Å². The first-order valence-corrected chi connectivity index (χ1v) is 6.55. The number of amides is 1. The summed E-state index contributed by atoms with van der Waals surface area (Å²) in [5.74, 6) is -2.57. The van der Waals surface area contributed by atoms with Gasteiger partial charge in [0.15, 0.2) is 11.7 Å². The number of carbonyl (C=O) groups is 2. The van der Waals surface area contributed by atoms with Gasteiger partial charge in [-0.05, 0) is 24.3 Å². The Morgan fingerprint density at radius 1 is 1.05 bits per heavy atom. The Labute approximate surface area is 127 Å². The zero-order valence-corrected chi connectivity index (χ0v) is 11.7. The third kappa shape index (κ3) is 3.68. The maximum absolute atomic E-state index is 12.2. The third-order valence-corrected chi connectivity index (χ3v) is 3.08. The average Bonchev–Trinajstić information content (AvgIpc) is 2.51. The lowest BCUT2D eigenvalue weighted by Crippen LogP contribution is -2.28. The number of benzene rings is 2. The van der Waals surface area contributed by atoms with Crippen molar-refractivity contribution in [3.05, 3.63) is 65.2 Å². The van der Waals surface area contributed by atoms with Crippen LogP contribution in [0.3, 0.4) is 0 Å². The van der Waals surface area contributed by atoms with Crippen molar-refractivity contribution in [1.29, 1.82) is 5.26 Å². The zero-order chi connectivity index (χ0) is 15.2. The van der Waals surface area contributed by atoms with E-state index in [0.29, 0.717) is 16.3 Å². The van der Waals surface area contributed by atoms with E-state index in [1.807, 2.05) is 0 Å². The van der Waals surface area contributed by atoms with Gasteiger partial charge in [-0.3, -0.25) is 9.59 Å². The quantitative estimate of drug-likeness (QED) is 0.695. The van der Waals surface area contributed by atoms with Crippen molar-refractivity contribution in [3.8, 4) is 6.07 Å². The summed E-state index contributed by atoms with van der Waals surface area (Å²) in [6, 6.07) is 16.4. The molecule has 2 aromatic rings. The number of nitrogens with zero attached hydrogens (tertiary/aromatic N) is 1. The van der Waals surface area contributed by atoms with Crippen LogP contribution in [-0.4, -0.2) is 11.7 Å². The highest BCUT2D eigenvalue weighted by Gasteiger charge is 2.27. The van der Waals surface area contributed by atoms with Crippen molar-refractivity contribution in [3.63, 3.8) is 0 Å². The fourth-order valence-electron chi connectivity index (χ4n) is 1.75. The summed E-state index contributed by atoms with van der Waals surface area (Å²) in [5.41, 5.74) is 0.806. The number of carbonyl (C=O) groups excluding carboxylic acids is 2. The molecule has 0 aromatic heterocycles. The molecular formula is C16H11ClN2O2. The highest BCUT2D eigenvalue weighted by Crippen LogP contribution is 2.16. The van der Waals surface area contributed by atoms with Crippen LogP contribution >= 0.6 is 11.6 Å². The maximum Gasteiger partial charge on any atom is 0.249 e. The molecule has 1 atom stereocenters. The Balaban J connectivity index is 2.14. The van der Waals surface area contributed by atoms with Gasteiger partial charge in [0, 0.05) is 16.3 Å². The Morgan fingerprint density at radius 3 is 2.24 bits per heavy atom. The van der Waals surface area contributed by atoms with Gasteiger partial charge in [-0.15, -0.1) is 0 Å². The maximum atomic E-state index is 12.2. The van der Waals surface area contributed by atoms with E-state index in [1.165, 1.54) is 0 Å². The van der Waals surface area contributed by atoms with Crippen LogP contribution in [-0.2, 0) is 4.79 Å². The zero-order valence-electron chi connectivity index (χ0n) is 10.9. The number of Topliss-reactive ketones (excluding diaryl/α,β-unsaturated/α-hetero) is 1. The van der Waals surface area contributed by atoms with Crippen LogP contribution in [0.1, 0.15) is 10.4 Å². The van der Waals surface area contributed by atoms with Crippen LogP contribution in [0, 0.1) is 17.2 Å². The molecule has 0 spiro atoms. The highest BCUT2D eigenvalue weighted by molar-refractivity contribution is 6.30. The van der Waals surface area contributed by atoms with Gasteiger partial charge in [-0.25, -0.2) is 0 Å². The van der Waals surface area contributed by atoms with E-state index in [2.05, 4.69) is 5.32 Å². The predicted octanol–water partition coefficient (Wildman–Crippen LogP) is 3.30. The molecule has 0 aliphatic carbocycles. The van der Waals surface area contributed by atoms with Gasteiger partial charge in [0.05, 0.1) is 6.07 Å². The minimum atomic E-state index is -1.39. The van der Waals surface area contributed by atoms with Crippen molar-refractivity contribution in [2.75, 3.05) is 5.32 Å². The number of nitriles is 1. The van der Waals surface area contributed by atoms with Gasteiger partial charge in [0.25, 0.3) is 0 Å². The van der Waals surface area contributed by atoms with Crippen LogP contribution < -0.4 is 5.32 Å². The number of ketones is 1. The van der Waals surface area contributed by atoms with Crippen LogP contribution in [0.2, 0.25) is 5.02 Å². The van der Waals surface area contributed by atoms with Gasteiger partial charge in [0.1, 0.15) is 0 Å². The molecule has 0 heterocycles. The minimum absolute atomic E-state index is 0.329. The SMILES string of the molecule is N#CC(C(=O)Nc1ccc(Cl)cc1)C(=O)c1ccccc1. The summed E-state index contributed by atoms with van der Waals surface area (Å²) in [7, 11) is 0. The number of nitrogens with one attached hydrogen (secondary N) is 1. The first-order valence-electron chi connectivity index (χ1n) is 6.17. The van der Waals surface area contributed by atoms with Gasteiger partial charge in [-0.1, -0.05) is 41.9 Å². The van der Waals surface area contributed by atoms with Crippen LogP contribution in [0.4, 0.5) is 5.69 Å². The second-order valence-electron chi connectivity index (χ2n) is 4.29. The number of halogens is 1. The molecule has 0 bridgehead atoms. The number of hydrogen-bond acceptors (Lipinski definition) is 3. The Hall–Kier alpha value is -2.64. The summed E-state index contributed by atoms with van der Waals surface area (Å²) in [5, 5.41) is 12.2. The monoisotopic (exact) mass is 298 g/mol. The lowest BCUT2D eigenvalue weighted by molar-refractivity contribution is -0.117. The van der Waals surface area contributed by atoms with Crippen LogP contribution in [0.25, 0.3) is 0 Å². The van der Waals surface area contributed by atoms with Crippen molar-refractivity contribution < 1.29 is 9.59 Å². The summed E-state index contributed by atoms with van der Waals surface area (Å²) in [4.78, 5) is 24.2. The van der Waals surface area contributed by atoms with E-state index in [1.54, 1.807) is 60.7 Å². The molecule has 21 heavy (non-hydrogen) atoms. The summed E-state index contributed by atoms with van der Waals surface area (Å²) < 4.78 is 0. The van der Waals surface area contributed by atoms with Gasteiger partial charge in [-0.2, -0.15) is 5.26 Å². The largest absolute Gasteiger partial charge is 0.325 e. The summed E-state index contributed by atoms with van der Waals surface area (Å²) in [6.07, 6.45) is 0. The molecular weight excluding hydrogens is 288 g/mol. The number of rotatable bonds is 4. The first-order chi connectivity index (χ1) is 10.1. The summed E-state index contributed by atoms with van der Waals surface area (Å²) in [6.45, 7) is 0. The molecule has 5 heteroatoms.